The Labute approximate surface area is 99.7 Å². The number of pyridine rings is 1. The summed E-state index contributed by atoms with van der Waals surface area (Å²) in [5.74, 6) is 0. The van der Waals surface area contributed by atoms with E-state index < -0.39 is 0 Å². The van der Waals surface area contributed by atoms with Crippen LogP contribution in [0.2, 0.25) is 0 Å². The van der Waals surface area contributed by atoms with E-state index in [1.54, 1.807) is 6.20 Å². The van der Waals surface area contributed by atoms with E-state index in [0.717, 1.165) is 11.3 Å². The molecule has 0 aliphatic carbocycles. The van der Waals surface area contributed by atoms with Gasteiger partial charge in [-0.1, -0.05) is 42.5 Å². The van der Waals surface area contributed by atoms with E-state index >= 15 is 0 Å². The summed E-state index contributed by atoms with van der Waals surface area (Å²) >= 11 is 0. The molecular weight excluding hydrogens is 208 g/mol. The van der Waals surface area contributed by atoms with Gasteiger partial charge in [-0.25, -0.2) is 0 Å². The Morgan fingerprint density at radius 1 is 0.824 bits per heavy atom. The van der Waals surface area contributed by atoms with Crippen LogP contribution in [0.15, 0.2) is 60.8 Å². The lowest BCUT2D eigenvalue weighted by molar-refractivity contribution is 1.34. The first-order valence-electron chi connectivity index (χ1n) is 5.54. The topological polar surface area (TPSA) is 38.9 Å². The van der Waals surface area contributed by atoms with Crippen LogP contribution in [0.25, 0.3) is 22.0 Å². The van der Waals surface area contributed by atoms with E-state index in [9.17, 15) is 0 Å². The normalized spacial score (nSPS) is 10.6. The van der Waals surface area contributed by atoms with Gasteiger partial charge < -0.3 is 5.73 Å². The Morgan fingerprint density at radius 2 is 1.65 bits per heavy atom. The highest BCUT2D eigenvalue weighted by molar-refractivity contribution is 5.95. The largest absolute Gasteiger partial charge is 0.397 e. The van der Waals surface area contributed by atoms with E-state index in [1.807, 2.05) is 24.3 Å². The van der Waals surface area contributed by atoms with Crippen molar-refractivity contribution >= 4 is 16.5 Å². The van der Waals surface area contributed by atoms with Crippen LogP contribution in [0.3, 0.4) is 0 Å². The minimum atomic E-state index is 0.689. The third-order valence-electron chi connectivity index (χ3n) is 2.85. The number of nitrogen functional groups attached to an aromatic ring is 1. The number of hydrogen-bond donors (Lipinski definition) is 1. The second-order valence-corrected chi connectivity index (χ2v) is 4.00. The van der Waals surface area contributed by atoms with Crippen molar-refractivity contribution in [2.24, 2.45) is 0 Å². The lowest BCUT2D eigenvalue weighted by Gasteiger charge is -2.05. The molecule has 0 saturated carbocycles. The van der Waals surface area contributed by atoms with Crippen LogP contribution < -0.4 is 5.73 Å². The molecule has 82 valence electrons. The third-order valence-corrected chi connectivity index (χ3v) is 2.85. The van der Waals surface area contributed by atoms with Gasteiger partial charge in [0.15, 0.2) is 0 Å². The summed E-state index contributed by atoms with van der Waals surface area (Å²) < 4.78 is 0. The van der Waals surface area contributed by atoms with Crippen molar-refractivity contribution in [3.05, 3.63) is 60.8 Å². The fourth-order valence-corrected chi connectivity index (χ4v) is 2.01. The molecule has 17 heavy (non-hydrogen) atoms. The fraction of sp³-hybridized carbons (Fsp3) is 0. The number of anilines is 1. The van der Waals surface area contributed by atoms with Crippen molar-refractivity contribution in [2.75, 3.05) is 5.73 Å². The number of rotatable bonds is 1. The van der Waals surface area contributed by atoms with Crippen molar-refractivity contribution < 1.29 is 0 Å². The van der Waals surface area contributed by atoms with E-state index in [4.69, 9.17) is 5.73 Å². The zero-order valence-corrected chi connectivity index (χ0v) is 9.30. The first-order valence-corrected chi connectivity index (χ1v) is 5.54. The van der Waals surface area contributed by atoms with Crippen LogP contribution in [0, 0.1) is 0 Å². The molecule has 0 saturated heterocycles. The summed E-state index contributed by atoms with van der Waals surface area (Å²) in [6, 6.07) is 18.4. The molecule has 0 amide bonds. The molecule has 0 spiro atoms. The Hall–Kier alpha value is -2.35. The summed E-state index contributed by atoms with van der Waals surface area (Å²) in [5.41, 5.74) is 8.44. The van der Waals surface area contributed by atoms with Gasteiger partial charge in [-0.05, 0) is 22.9 Å². The summed E-state index contributed by atoms with van der Waals surface area (Å²) in [5, 5.41) is 2.44. The quantitative estimate of drug-likeness (QED) is 0.681. The smallest absolute Gasteiger partial charge is 0.0709 e. The van der Waals surface area contributed by atoms with Crippen LogP contribution in [-0.2, 0) is 0 Å². The first-order chi connectivity index (χ1) is 8.34. The number of nitrogens with two attached hydrogens (primary N) is 1. The van der Waals surface area contributed by atoms with E-state index in [-0.39, 0.29) is 0 Å². The molecule has 0 radical (unpaired) electrons. The van der Waals surface area contributed by atoms with Crippen LogP contribution in [0.4, 0.5) is 5.69 Å². The van der Waals surface area contributed by atoms with Crippen LogP contribution in [-0.4, -0.2) is 4.98 Å². The number of aromatic nitrogens is 1. The van der Waals surface area contributed by atoms with Gasteiger partial charge >= 0.3 is 0 Å². The van der Waals surface area contributed by atoms with Gasteiger partial charge in [-0.15, -0.1) is 0 Å². The molecule has 2 aromatic carbocycles. The zero-order valence-electron chi connectivity index (χ0n) is 9.30. The minimum Gasteiger partial charge on any atom is -0.397 e. The lowest BCUT2D eigenvalue weighted by Crippen LogP contribution is -1.88. The summed E-state index contributed by atoms with van der Waals surface area (Å²) in [7, 11) is 0. The van der Waals surface area contributed by atoms with Gasteiger partial charge in [-0.3, -0.25) is 4.98 Å². The second kappa shape index (κ2) is 3.91. The van der Waals surface area contributed by atoms with Gasteiger partial charge in [0.25, 0.3) is 0 Å². The monoisotopic (exact) mass is 220 g/mol. The predicted molar refractivity (Wildman–Crippen MR) is 71.6 cm³/mol. The Balaban J connectivity index is 2.27. The van der Waals surface area contributed by atoms with Gasteiger partial charge in [0.1, 0.15) is 0 Å². The minimum absolute atomic E-state index is 0.689. The molecule has 0 aliphatic heterocycles. The SMILES string of the molecule is Nc1ccc(-c2cccc3ccccc23)nc1. The average Bonchev–Trinajstić information content (AvgIpc) is 2.39. The van der Waals surface area contributed by atoms with E-state index in [1.165, 1.54) is 10.8 Å². The van der Waals surface area contributed by atoms with Crippen LogP contribution >= 0.6 is 0 Å². The molecule has 2 N–H and O–H groups in total. The molecule has 0 fully saturated rings. The Morgan fingerprint density at radius 3 is 2.47 bits per heavy atom. The standard InChI is InChI=1S/C15H12N2/c16-12-8-9-15(17-10-12)14-7-3-5-11-4-1-2-6-13(11)14/h1-10H,16H2. The summed E-state index contributed by atoms with van der Waals surface area (Å²) in [6.45, 7) is 0. The maximum absolute atomic E-state index is 5.65. The summed E-state index contributed by atoms with van der Waals surface area (Å²) in [4.78, 5) is 4.37. The first kappa shape index (κ1) is 9.85. The Bertz CT molecular complexity index is 652. The van der Waals surface area contributed by atoms with Crippen molar-refractivity contribution in [1.82, 2.24) is 4.98 Å². The Kier molecular flexibility index (Phi) is 2.26. The molecule has 2 nitrogen and oxygen atoms in total. The molecule has 0 unspecified atom stereocenters. The number of nitrogens with zero attached hydrogens (tertiary/aromatic N) is 1. The highest BCUT2D eigenvalue weighted by Crippen LogP contribution is 2.27. The maximum Gasteiger partial charge on any atom is 0.0709 e. The number of hydrogen-bond acceptors (Lipinski definition) is 2. The van der Waals surface area contributed by atoms with Crippen LogP contribution in [0.5, 0.6) is 0 Å². The van der Waals surface area contributed by atoms with Crippen molar-refractivity contribution in [3.63, 3.8) is 0 Å². The molecule has 0 atom stereocenters. The van der Waals surface area contributed by atoms with Gasteiger partial charge in [0.2, 0.25) is 0 Å². The van der Waals surface area contributed by atoms with Crippen LogP contribution in [0.1, 0.15) is 0 Å². The zero-order chi connectivity index (χ0) is 11.7. The predicted octanol–water partition coefficient (Wildman–Crippen LogP) is 3.48. The van der Waals surface area contributed by atoms with Crippen molar-refractivity contribution in [1.29, 1.82) is 0 Å². The van der Waals surface area contributed by atoms with Gasteiger partial charge in [-0.2, -0.15) is 0 Å². The third kappa shape index (κ3) is 1.74. The van der Waals surface area contributed by atoms with Gasteiger partial charge in [0, 0.05) is 5.56 Å². The number of fused-ring (bicyclic) bond motifs is 1. The fourth-order valence-electron chi connectivity index (χ4n) is 2.01. The molecule has 0 bridgehead atoms. The highest BCUT2D eigenvalue weighted by atomic mass is 14.7. The number of benzene rings is 2. The lowest BCUT2D eigenvalue weighted by atomic mass is 10.0. The molecule has 2 heteroatoms. The molecule has 1 heterocycles. The second-order valence-electron chi connectivity index (χ2n) is 4.00. The van der Waals surface area contributed by atoms with Crippen molar-refractivity contribution in [2.45, 2.75) is 0 Å². The van der Waals surface area contributed by atoms with E-state index in [0.29, 0.717) is 5.69 Å². The summed E-state index contributed by atoms with van der Waals surface area (Å²) in [6.07, 6.45) is 1.69. The molecular formula is C15H12N2. The van der Waals surface area contributed by atoms with Crippen molar-refractivity contribution in [3.8, 4) is 11.3 Å². The highest BCUT2D eigenvalue weighted by Gasteiger charge is 2.03. The maximum atomic E-state index is 5.65. The molecule has 1 aromatic heterocycles. The van der Waals surface area contributed by atoms with Gasteiger partial charge in [0.05, 0.1) is 17.6 Å². The molecule has 0 aliphatic rings. The van der Waals surface area contributed by atoms with E-state index in [2.05, 4.69) is 35.3 Å². The molecule has 3 aromatic rings. The average molecular weight is 220 g/mol. The molecule has 3 rings (SSSR count).